The van der Waals surface area contributed by atoms with Crippen LogP contribution in [0.4, 0.5) is 0 Å². The SMILES string of the molecule is Cc1ccc2c(c1)C1(CC1)CNC2=O. The molecule has 1 spiro atoms. The topological polar surface area (TPSA) is 29.1 Å². The summed E-state index contributed by atoms with van der Waals surface area (Å²) in [4.78, 5) is 11.6. The molecule has 1 aromatic rings. The zero-order chi connectivity index (χ0) is 9.76. The molecule has 2 aliphatic rings. The lowest BCUT2D eigenvalue weighted by Gasteiger charge is -2.25. The minimum atomic E-state index is 0.0949. The molecule has 2 heteroatoms. The number of hydrogen-bond acceptors (Lipinski definition) is 1. The summed E-state index contributed by atoms with van der Waals surface area (Å²) in [5.74, 6) is 0.0949. The molecule has 1 amide bonds. The molecule has 14 heavy (non-hydrogen) atoms. The van der Waals surface area contributed by atoms with Crippen LogP contribution < -0.4 is 5.32 Å². The Hall–Kier alpha value is -1.31. The van der Waals surface area contributed by atoms with Gasteiger partial charge in [-0.3, -0.25) is 4.79 Å². The van der Waals surface area contributed by atoms with E-state index < -0.39 is 0 Å². The fraction of sp³-hybridized carbons (Fsp3) is 0.417. The van der Waals surface area contributed by atoms with E-state index in [9.17, 15) is 4.79 Å². The highest BCUT2D eigenvalue weighted by Crippen LogP contribution is 2.50. The van der Waals surface area contributed by atoms with Crippen molar-refractivity contribution in [1.82, 2.24) is 5.32 Å². The summed E-state index contributed by atoms with van der Waals surface area (Å²) in [5, 5.41) is 2.97. The highest BCUT2D eigenvalue weighted by Gasteiger charge is 2.48. The number of carbonyl (C=O) groups excluding carboxylic acids is 1. The van der Waals surface area contributed by atoms with Crippen molar-refractivity contribution in [1.29, 1.82) is 0 Å². The van der Waals surface area contributed by atoms with Crippen LogP contribution in [-0.2, 0) is 5.41 Å². The summed E-state index contributed by atoms with van der Waals surface area (Å²) in [6.45, 7) is 2.92. The number of fused-ring (bicyclic) bond motifs is 2. The molecular weight excluding hydrogens is 174 g/mol. The van der Waals surface area contributed by atoms with Gasteiger partial charge in [0.05, 0.1) is 0 Å². The fourth-order valence-corrected chi connectivity index (χ4v) is 2.33. The molecule has 3 rings (SSSR count). The van der Waals surface area contributed by atoms with Crippen LogP contribution in [0.25, 0.3) is 0 Å². The minimum Gasteiger partial charge on any atom is -0.351 e. The monoisotopic (exact) mass is 187 g/mol. The van der Waals surface area contributed by atoms with Crippen molar-refractivity contribution in [2.45, 2.75) is 25.2 Å². The Morgan fingerprint density at radius 1 is 1.36 bits per heavy atom. The third kappa shape index (κ3) is 0.939. The van der Waals surface area contributed by atoms with Crippen LogP contribution in [0.15, 0.2) is 18.2 Å². The normalized spacial score (nSPS) is 21.6. The molecular formula is C12H13NO. The summed E-state index contributed by atoms with van der Waals surface area (Å²) in [7, 11) is 0. The number of amides is 1. The molecule has 72 valence electrons. The molecule has 0 saturated heterocycles. The lowest BCUT2D eigenvalue weighted by atomic mass is 9.86. The smallest absolute Gasteiger partial charge is 0.251 e. The Kier molecular flexibility index (Phi) is 1.37. The molecule has 0 atom stereocenters. The number of nitrogens with one attached hydrogen (secondary N) is 1. The van der Waals surface area contributed by atoms with E-state index in [1.807, 2.05) is 12.1 Å². The Labute approximate surface area is 83.3 Å². The van der Waals surface area contributed by atoms with Gasteiger partial charge in [0.1, 0.15) is 0 Å². The molecule has 0 radical (unpaired) electrons. The van der Waals surface area contributed by atoms with E-state index in [1.165, 1.54) is 24.0 Å². The third-order valence-electron chi connectivity index (χ3n) is 3.43. The minimum absolute atomic E-state index is 0.0949. The number of hydrogen-bond donors (Lipinski definition) is 1. The van der Waals surface area contributed by atoms with Gasteiger partial charge in [-0.25, -0.2) is 0 Å². The lowest BCUT2D eigenvalue weighted by Crippen LogP contribution is -2.39. The average Bonchev–Trinajstić information content (AvgIpc) is 2.93. The van der Waals surface area contributed by atoms with Crippen LogP contribution in [0.3, 0.4) is 0 Å². The van der Waals surface area contributed by atoms with Crippen LogP contribution in [-0.4, -0.2) is 12.5 Å². The molecule has 1 aliphatic carbocycles. The van der Waals surface area contributed by atoms with E-state index in [0.29, 0.717) is 5.41 Å². The van der Waals surface area contributed by atoms with Crippen molar-refractivity contribution in [3.05, 3.63) is 34.9 Å². The van der Waals surface area contributed by atoms with E-state index >= 15 is 0 Å². The van der Waals surface area contributed by atoms with Gasteiger partial charge in [-0.1, -0.05) is 17.7 Å². The van der Waals surface area contributed by atoms with Crippen LogP contribution in [0, 0.1) is 6.92 Å². The van der Waals surface area contributed by atoms with Crippen molar-refractivity contribution in [3.8, 4) is 0 Å². The van der Waals surface area contributed by atoms with E-state index in [2.05, 4.69) is 18.3 Å². The van der Waals surface area contributed by atoms with Gasteiger partial charge in [0, 0.05) is 17.5 Å². The van der Waals surface area contributed by atoms with Crippen LogP contribution in [0.2, 0.25) is 0 Å². The molecule has 0 bridgehead atoms. The van der Waals surface area contributed by atoms with E-state index in [1.54, 1.807) is 0 Å². The van der Waals surface area contributed by atoms with E-state index in [-0.39, 0.29) is 5.91 Å². The van der Waals surface area contributed by atoms with Crippen molar-refractivity contribution >= 4 is 5.91 Å². The van der Waals surface area contributed by atoms with Crippen molar-refractivity contribution < 1.29 is 4.79 Å². The maximum absolute atomic E-state index is 11.6. The van der Waals surface area contributed by atoms with E-state index in [0.717, 1.165) is 12.1 Å². The van der Waals surface area contributed by atoms with Gasteiger partial charge in [-0.2, -0.15) is 0 Å². The molecule has 2 nitrogen and oxygen atoms in total. The maximum Gasteiger partial charge on any atom is 0.251 e. The second-order valence-corrected chi connectivity index (χ2v) is 4.51. The number of rotatable bonds is 0. The summed E-state index contributed by atoms with van der Waals surface area (Å²) in [6, 6.07) is 6.15. The van der Waals surface area contributed by atoms with E-state index in [4.69, 9.17) is 0 Å². The second-order valence-electron chi connectivity index (χ2n) is 4.51. The van der Waals surface area contributed by atoms with Gasteiger partial charge in [-0.05, 0) is 31.4 Å². The standard InChI is InChI=1S/C12H13NO/c1-8-2-3-9-10(6-8)12(4-5-12)7-13-11(9)14/h2-3,6H,4-5,7H2,1H3,(H,13,14). The Morgan fingerprint density at radius 2 is 2.14 bits per heavy atom. The lowest BCUT2D eigenvalue weighted by molar-refractivity contribution is 0.0937. The average molecular weight is 187 g/mol. The predicted molar refractivity (Wildman–Crippen MR) is 54.4 cm³/mol. The summed E-state index contributed by atoms with van der Waals surface area (Å²) >= 11 is 0. The third-order valence-corrected chi connectivity index (χ3v) is 3.43. The first-order valence-corrected chi connectivity index (χ1v) is 5.11. The van der Waals surface area contributed by atoms with Crippen molar-refractivity contribution in [2.75, 3.05) is 6.54 Å². The highest BCUT2D eigenvalue weighted by atomic mass is 16.1. The summed E-state index contributed by atoms with van der Waals surface area (Å²) in [6.07, 6.45) is 2.45. The number of carbonyl (C=O) groups is 1. The molecule has 1 fully saturated rings. The molecule has 1 saturated carbocycles. The van der Waals surface area contributed by atoms with Gasteiger partial charge in [0.2, 0.25) is 0 Å². The van der Waals surface area contributed by atoms with Crippen LogP contribution >= 0.6 is 0 Å². The van der Waals surface area contributed by atoms with Crippen LogP contribution in [0.5, 0.6) is 0 Å². The highest BCUT2D eigenvalue weighted by molar-refractivity contribution is 5.97. The first-order chi connectivity index (χ1) is 6.71. The largest absolute Gasteiger partial charge is 0.351 e. The Balaban J connectivity index is 2.22. The summed E-state index contributed by atoms with van der Waals surface area (Å²) < 4.78 is 0. The van der Waals surface area contributed by atoms with Gasteiger partial charge >= 0.3 is 0 Å². The molecule has 1 heterocycles. The number of benzene rings is 1. The quantitative estimate of drug-likeness (QED) is 0.659. The molecule has 0 unspecified atom stereocenters. The first kappa shape index (κ1) is 8.04. The van der Waals surface area contributed by atoms with Crippen molar-refractivity contribution in [2.24, 2.45) is 0 Å². The van der Waals surface area contributed by atoms with Gasteiger partial charge in [-0.15, -0.1) is 0 Å². The Morgan fingerprint density at radius 3 is 2.86 bits per heavy atom. The first-order valence-electron chi connectivity index (χ1n) is 5.11. The molecule has 1 aliphatic heterocycles. The van der Waals surface area contributed by atoms with Gasteiger partial charge in [0.25, 0.3) is 5.91 Å². The molecule has 1 aromatic carbocycles. The van der Waals surface area contributed by atoms with Crippen LogP contribution in [0.1, 0.15) is 34.3 Å². The molecule has 1 N–H and O–H groups in total. The number of aryl methyl sites for hydroxylation is 1. The zero-order valence-electron chi connectivity index (χ0n) is 8.26. The second kappa shape index (κ2) is 2.38. The molecule has 0 aromatic heterocycles. The Bertz CT molecular complexity index is 418. The predicted octanol–water partition coefficient (Wildman–Crippen LogP) is 1.77. The van der Waals surface area contributed by atoms with Crippen molar-refractivity contribution in [3.63, 3.8) is 0 Å². The van der Waals surface area contributed by atoms with Gasteiger partial charge < -0.3 is 5.32 Å². The van der Waals surface area contributed by atoms with Gasteiger partial charge in [0.15, 0.2) is 0 Å². The zero-order valence-corrected chi connectivity index (χ0v) is 8.26. The fourth-order valence-electron chi connectivity index (χ4n) is 2.33. The summed E-state index contributed by atoms with van der Waals surface area (Å²) in [5.41, 5.74) is 3.72. The maximum atomic E-state index is 11.6.